The van der Waals surface area contributed by atoms with Crippen molar-refractivity contribution >= 4 is 10.8 Å². The van der Waals surface area contributed by atoms with Gasteiger partial charge >= 0.3 is 0 Å². The van der Waals surface area contributed by atoms with Gasteiger partial charge in [-0.15, -0.1) is 0 Å². The molecule has 4 nitrogen and oxygen atoms in total. The molecule has 98 valence electrons. The van der Waals surface area contributed by atoms with Crippen molar-refractivity contribution in [1.82, 2.24) is 9.78 Å². The second-order valence-electron chi connectivity index (χ2n) is 5.17. The summed E-state index contributed by atoms with van der Waals surface area (Å²) in [6.45, 7) is 2.15. The molecule has 4 heteroatoms. The van der Waals surface area contributed by atoms with E-state index in [1.54, 1.807) is 24.3 Å². The Balaban J connectivity index is 2.21. The maximum atomic E-state index is 12.4. The molecule has 2 atom stereocenters. The molecule has 0 aliphatic heterocycles. The lowest BCUT2D eigenvalue weighted by atomic mass is 9.94. The molecular weight excluding hydrogens is 240 g/mol. The Morgan fingerprint density at radius 3 is 2.53 bits per heavy atom. The number of nitrogens with zero attached hydrogens (tertiary/aromatic N) is 1. The van der Waals surface area contributed by atoms with Crippen molar-refractivity contribution < 1.29 is 0 Å². The van der Waals surface area contributed by atoms with Gasteiger partial charge in [0, 0.05) is 0 Å². The second-order valence-corrected chi connectivity index (χ2v) is 5.17. The molecule has 3 rings (SSSR count). The summed E-state index contributed by atoms with van der Waals surface area (Å²) >= 11 is 0. The topological polar surface area (TPSA) is 54.9 Å². The Bertz CT molecular complexity index is 755. The quantitative estimate of drug-likeness (QED) is 0.795. The summed E-state index contributed by atoms with van der Waals surface area (Å²) in [6, 6.07) is 6.90. The first-order valence-corrected chi connectivity index (χ1v) is 6.58. The van der Waals surface area contributed by atoms with Crippen LogP contribution in [-0.2, 0) is 0 Å². The van der Waals surface area contributed by atoms with Gasteiger partial charge in [-0.25, -0.2) is 4.68 Å². The fourth-order valence-corrected chi connectivity index (χ4v) is 2.61. The standard InChI is InChI=1S/C15H16N2O2/c1-10-6-8-11(9-7-10)17-15(19)13-5-3-2-4-12(13)14(18)16-17/h2-6,8,10-11H,7,9H2,1H3,(H,16,18)/t10-,11-/m1/s1. The Morgan fingerprint density at radius 2 is 1.84 bits per heavy atom. The van der Waals surface area contributed by atoms with E-state index in [9.17, 15) is 9.59 Å². The lowest BCUT2D eigenvalue weighted by Gasteiger charge is -2.22. The molecule has 1 aromatic heterocycles. The molecule has 0 amide bonds. The zero-order chi connectivity index (χ0) is 13.4. The third-order valence-electron chi connectivity index (χ3n) is 3.75. The fourth-order valence-electron chi connectivity index (χ4n) is 2.61. The maximum Gasteiger partial charge on any atom is 0.273 e. The minimum absolute atomic E-state index is 0.0407. The van der Waals surface area contributed by atoms with E-state index in [0.29, 0.717) is 16.7 Å². The molecule has 1 aliphatic carbocycles. The van der Waals surface area contributed by atoms with Gasteiger partial charge in [-0.05, 0) is 30.9 Å². The molecule has 1 heterocycles. The summed E-state index contributed by atoms with van der Waals surface area (Å²) in [5.74, 6) is 0.541. The van der Waals surface area contributed by atoms with E-state index >= 15 is 0 Å². The number of rotatable bonds is 1. The van der Waals surface area contributed by atoms with Gasteiger partial charge in [0.25, 0.3) is 11.1 Å². The monoisotopic (exact) mass is 256 g/mol. The van der Waals surface area contributed by atoms with Crippen LogP contribution >= 0.6 is 0 Å². The number of fused-ring (bicyclic) bond motifs is 1. The summed E-state index contributed by atoms with van der Waals surface area (Å²) in [6.07, 6.45) is 6.03. The molecule has 0 saturated heterocycles. The summed E-state index contributed by atoms with van der Waals surface area (Å²) in [7, 11) is 0. The van der Waals surface area contributed by atoms with E-state index in [1.165, 1.54) is 4.68 Å². The zero-order valence-electron chi connectivity index (χ0n) is 10.8. The predicted molar refractivity (Wildman–Crippen MR) is 75.4 cm³/mol. The molecule has 0 radical (unpaired) electrons. The van der Waals surface area contributed by atoms with Crippen molar-refractivity contribution in [3.8, 4) is 0 Å². The normalized spacial score (nSPS) is 22.8. The van der Waals surface area contributed by atoms with Crippen LogP contribution in [0.3, 0.4) is 0 Å². The van der Waals surface area contributed by atoms with Gasteiger partial charge < -0.3 is 0 Å². The number of allylic oxidation sites excluding steroid dienone is 2. The lowest BCUT2D eigenvalue weighted by Crippen LogP contribution is -2.33. The highest BCUT2D eigenvalue weighted by molar-refractivity contribution is 5.80. The number of nitrogens with one attached hydrogen (secondary N) is 1. The molecule has 2 aromatic rings. The first kappa shape index (κ1) is 12.0. The minimum atomic E-state index is -0.206. The van der Waals surface area contributed by atoms with Crippen molar-refractivity contribution in [2.75, 3.05) is 0 Å². The predicted octanol–water partition coefficient (Wildman–Crippen LogP) is 2.22. The van der Waals surface area contributed by atoms with Gasteiger partial charge in [0.2, 0.25) is 0 Å². The van der Waals surface area contributed by atoms with Crippen molar-refractivity contribution in [2.24, 2.45) is 5.92 Å². The van der Waals surface area contributed by atoms with Crippen LogP contribution in [0, 0.1) is 5.92 Å². The molecule has 0 bridgehead atoms. The maximum absolute atomic E-state index is 12.4. The van der Waals surface area contributed by atoms with Crippen LogP contribution in [-0.4, -0.2) is 9.78 Å². The highest BCUT2D eigenvalue weighted by Gasteiger charge is 2.17. The smallest absolute Gasteiger partial charge is 0.267 e. The van der Waals surface area contributed by atoms with E-state index in [0.717, 1.165) is 12.8 Å². The number of hydrogen-bond acceptors (Lipinski definition) is 2. The van der Waals surface area contributed by atoms with Crippen LogP contribution in [0.25, 0.3) is 10.8 Å². The molecular formula is C15H16N2O2. The minimum Gasteiger partial charge on any atom is -0.267 e. The van der Waals surface area contributed by atoms with Crippen molar-refractivity contribution in [3.63, 3.8) is 0 Å². The van der Waals surface area contributed by atoms with Crippen LogP contribution < -0.4 is 11.1 Å². The van der Waals surface area contributed by atoms with Gasteiger partial charge in [0.1, 0.15) is 0 Å². The van der Waals surface area contributed by atoms with Crippen LogP contribution in [0.5, 0.6) is 0 Å². The summed E-state index contributed by atoms with van der Waals surface area (Å²) in [5, 5.41) is 3.64. The van der Waals surface area contributed by atoms with Crippen molar-refractivity contribution in [1.29, 1.82) is 0 Å². The summed E-state index contributed by atoms with van der Waals surface area (Å²) in [4.78, 5) is 24.4. The van der Waals surface area contributed by atoms with Gasteiger partial charge in [0.15, 0.2) is 0 Å². The third-order valence-corrected chi connectivity index (χ3v) is 3.75. The SMILES string of the molecule is C[C@@H]1C=C[C@@H](n2[nH]c(=O)c3ccccc3c2=O)CC1. The van der Waals surface area contributed by atoms with E-state index in [2.05, 4.69) is 18.1 Å². The molecule has 0 saturated carbocycles. The number of H-pyrrole nitrogens is 1. The number of aromatic nitrogens is 2. The van der Waals surface area contributed by atoms with Gasteiger partial charge in [-0.3, -0.25) is 14.7 Å². The molecule has 0 unspecified atom stereocenters. The largest absolute Gasteiger partial charge is 0.273 e. The zero-order valence-corrected chi connectivity index (χ0v) is 10.8. The first-order chi connectivity index (χ1) is 9.16. The average molecular weight is 256 g/mol. The molecule has 1 N–H and O–H groups in total. The van der Waals surface area contributed by atoms with E-state index in [4.69, 9.17) is 0 Å². The Hall–Kier alpha value is -2.10. The van der Waals surface area contributed by atoms with Crippen LogP contribution in [0.2, 0.25) is 0 Å². The average Bonchev–Trinajstić information content (AvgIpc) is 2.44. The van der Waals surface area contributed by atoms with E-state index in [-0.39, 0.29) is 17.2 Å². The Kier molecular flexibility index (Phi) is 2.85. The summed E-state index contributed by atoms with van der Waals surface area (Å²) in [5.41, 5.74) is -0.332. The Labute approximate surface area is 110 Å². The molecule has 0 spiro atoms. The van der Waals surface area contributed by atoms with Gasteiger partial charge in [-0.1, -0.05) is 31.2 Å². The number of aromatic amines is 1. The Morgan fingerprint density at radius 1 is 1.11 bits per heavy atom. The summed E-state index contributed by atoms with van der Waals surface area (Å²) < 4.78 is 1.47. The van der Waals surface area contributed by atoms with Gasteiger partial charge in [0.05, 0.1) is 16.8 Å². The molecule has 0 fully saturated rings. The fraction of sp³-hybridized carbons (Fsp3) is 0.333. The first-order valence-electron chi connectivity index (χ1n) is 6.58. The molecule has 19 heavy (non-hydrogen) atoms. The highest BCUT2D eigenvalue weighted by Crippen LogP contribution is 2.23. The van der Waals surface area contributed by atoms with Crippen LogP contribution in [0.4, 0.5) is 0 Å². The molecule has 1 aromatic carbocycles. The number of benzene rings is 1. The van der Waals surface area contributed by atoms with E-state index < -0.39 is 0 Å². The second kappa shape index (κ2) is 4.53. The van der Waals surface area contributed by atoms with Crippen LogP contribution in [0.15, 0.2) is 46.0 Å². The number of hydrogen-bond donors (Lipinski definition) is 1. The van der Waals surface area contributed by atoms with Crippen molar-refractivity contribution in [3.05, 3.63) is 57.1 Å². The van der Waals surface area contributed by atoms with Crippen molar-refractivity contribution in [2.45, 2.75) is 25.8 Å². The third kappa shape index (κ3) is 2.03. The molecule has 1 aliphatic rings. The van der Waals surface area contributed by atoms with Crippen LogP contribution in [0.1, 0.15) is 25.8 Å². The highest BCUT2D eigenvalue weighted by atomic mass is 16.2. The lowest BCUT2D eigenvalue weighted by molar-refractivity contribution is 0.419. The van der Waals surface area contributed by atoms with E-state index in [1.807, 2.05) is 6.08 Å². The van der Waals surface area contributed by atoms with Gasteiger partial charge in [-0.2, -0.15) is 0 Å².